The molecule has 1 heterocycles. The third-order valence-electron chi connectivity index (χ3n) is 6.82. The predicted octanol–water partition coefficient (Wildman–Crippen LogP) is 8.09. The summed E-state index contributed by atoms with van der Waals surface area (Å²) in [6, 6.07) is 10.3. The van der Waals surface area contributed by atoms with Gasteiger partial charge >= 0.3 is 0 Å². The fourth-order valence-corrected chi connectivity index (χ4v) is 4.68. The Labute approximate surface area is 188 Å². The topological polar surface area (TPSA) is 20.3 Å². The van der Waals surface area contributed by atoms with Gasteiger partial charge in [0, 0.05) is 19.2 Å². The second-order valence-corrected chi connectivity index (χ2v) is 8.87. The quantitative estimate of drug-likeness (QED) is 0.459. The molecule has 0 aromatic heterocycles. The Morgan fingerprint density at radius 3 is 2.23 bits per heavy atom. The minimum atomic E-state index is 0. The molecule has 1 aliphatic carbocycles. The van der Waals surface area contributed by atoms with Gasteiger partial charge in [-0.25, -0.2) is 0 Å². The van der Waals surface area contributed by atoms with Crippen LogP contribution in [-0.2, 0) is 4.79 Å². The van der Waals surface area contributed by atoms with Crippen LogP contribution in [0.4, 0.5) is 0 Å². The summed E-state index contributed by atoms with van der Waals surface area (Å²) in [5, 5.41) is 0. The molecular weight excluding hydrogens is 366 g/mol. The summed E-state index contributed by atoms with van der Waals surface area (Å²) in [4.78, 5) is 14.6. The second-order valence-electron chi connectivity index (χ2n) is 8.87. The molecule has 0 spiro atoms. The van der Waals surface area contributed by atoms with Crippen molar-refractivity contribution in [2.45, 2.75) is 88.5 Å². The van der Waals surface area contributed by atoms with Crippen molar-refractivity contribution in [1.82, 2.24) is 4.90 Å². The van der Waals surface area contributed by atoms with E-state index in [0.29, 0.717) is 11.3 Å². The first-order valence-corrected chi connectivity index (χ1v) is 11.9. The van der Waals surface area contributed by atoms with Crippen molar-refractivity contribution in [2.75, 3.05) is 13.1 Å². The van der Waals surface area contributed by atoms with Crippen LogP contribution >= 0.6 is 0 Å². The minimum absolute atomic E-state index is 0. The molecule has 1 amide bonds. The third kappa shape index (κ3) is 7.00. The molecule has 30 heavy (non-hydrogen) atoms. The summed E-state index contributed by atoms with van der Waals surface area (Å²) < 4.78 is 0. The monoisotopic (exact) mass is 415 g/mol. The molecule has 0 bridgehead atoms. The van der Waals surface area contributed by atoms with Crippen LogP contribution < -0.4 is 0 Å². The summed E-state index contributed by atoms with van der Waals surface area (Å²) in [6.07, 6.45) is 7.00. The molecule has 1 fully saturated rings. The van der Waals surface area contributed by atoms with Crippen molar-refractivity contribution in [1.29, 1.82) is 0 Å². The minimum Gasteiger partial charge on any atom is -0.335 e. The first-order chi connectivity index (χ1) is 13.9. The number of nitrogens with zero attached hydrogens (tertiary/aromatic N) is 1. The van der Waals surface area contributed by atoms with Crippen molar-refractivity contribution in [2.24, 2.45) is 23.2 Å². The van der Waals surface area contributed by atoms with Gasteiger partial charge in [0.1, 0.15) is 0 Å². The van der Waals surface area contributed by atoms with Crippen LogP contribution in [0.5, 0.6) is 0 Å². The predicted molar refractivity (Wildman–Crippen MR) is 134 cm³/mol. The molecule has 1 aliphatic heterocycles. The van der Waals surface area contributed by atoms with Gasteiger partial charge in [-0.15, -0.1) is 0 Å². The van der Waals surface area contributed by atoms with E-state index in [-0.39, 0.29) is 13.3 Å². The third-order valence-corrected chi connectivity index (χ3v) is 6.82. The lowest BCUT2D eigenvalue weighted by atomic mass is 9.70. The number of benzene rings is 1. The van der Waals surface area contributed by atoms with Gasteiger partial charge < -0.3 is 4.90 Å². The maximum absolute atomic E-state index is 12.6. The number of amides is 1. The van der Waals surface area contributed by atoms with Crippen LogP contribution in [0.1, 0.15) is 94.1 Å². The van der Waals surface area contributed by atoms with Crippen LogP contribution in [0.25, 0.3) is 5.57 Å². The van der Waals surface area contributed by atoms with Crippen molar-refractivity contribution < 1.29 is 4.79 Å². The number of carbonyl (C=O) groups excluding carboxylic acids is 1. The van der Waals surface area contributed by atoms with Gasteiger partial charge in [-0.1, -0.05) is 99.6 Å². The lowest BCUT2D eigenvalue weighted by Gasteiger charge is -2.38. The van der Waals surface area contributed by atoms with Crippen LogP contribution in [0.2, 0.25) is 0 Å². The highest BCUT2D eigenvalue weighted by atomic mass is 16.2. The first kappa shape index (κ1) is 28.4. The number of carbonyl (C=O) groups is 1. The van der Waals surface area contributed by atoms with Gasteiger partial charge in [0.05, 0.1) is 0 Å². The Balaban J connectivity index is 0.00000159. The molecule has 3 unspecified atom stereocenters. The molecule has 1 saturated carbocycles. The average Bonchev–Trinajstić information content (AvgIpc) is 3.25. The van der Waals surface area contributed by atoms with Crippen LogP contribution in [0, 0.1) is 23.2 Å². The Bertz CT molecular complexity index is 633. The molecule has 2 heteroatoms. The molecule has 2 nitrogen and oxygen atoms in total. The van der Waals surface area contributed by atoms with Gasteiger partial charge in [0.25, 0.3) is 0 Å². The fourth-order valence-electron chi connectivity index (χ4n) is 4.68. The van der Waals surface area contributed by atoms with E-state index in [4.69, 9.17) is 0 Å². The summed E-state index contributed by atoms with van der Waals surface area (Å²) in [7, 11) is 0. The van der Waals surface area contributed by atoms with E-state index in [1.54, 1.807) is 0 Å². The lowest BCUT2D eigenvalue weighted by molar-refractivity contribution is -0.125. The largest absolute Gasteiger partial charge is 0.335 e. The molecule has 1 aromatic rings. The zero-order valence-corrected chi connectivity index (χ0v) is 20.3. The van der Waals surface area contributed by atoms with Crippen LogP contribution in [0.15, 0.2) is 36.4 Å². The van der Waals surface area contributed by atoms with Crippen molar-refractivity contribution in [3.8, 4) is 0 Å². The summed E-state index contributed by atoms with van der Waals surface area (Å²) in [5.74, 6) is 2.35. The molecule has 3 atom stereocenters. The number of hydrogen-bond donors (Lipinski definition) is 0. The van der Waals surface area contributed by atoms with E-state index in [1.807, 2.05) is 52.0 Å². The molecule has 0 saturated heterocycles. The molecule has 0 radical (unpaired) electrons. The van der Waals surface area contributed by atoms with Gasteiger partial charge in [-0.05, 0) is 53.6 Å². The zero-order chi connectivity index (χ0) is 22.0. The van der Waals surface area contributed by atoms with Crippen molar-refractivity contribution >= 4 is 11.5 Å². The Kier molecular flexibility index (Phi) is 13.0. The number of hydrogen-bond acceptors (Lipinski definition) is 1. The Morgan fingerprint density at radius 1 is 1.07 bits per heavy atom. The van der Waals surface area contributed by atoms with E-state index < -0.39 is 0 Å². The van der Waals surface area contributed by atoms with Crippen LogP contribution in [-0.4, -0.2) is 23.9 Å². The molecule has 1 aromatic carbocycles. The smallest absolute Gasteiger partial charge is 0.247 e. The van der Waals surface area contributed by atoms with E-state index >= 15 is 0 Å². The maximum atomic E-state index is 12.6. The number of rotatable bonds is 6. The van der Waals surface area contributed by atoms with Gasteiger partial charge in [-0.3, -0.25) is 4.79 Å². The standard InChI is InChI=1S/C23H33NO.2C2H6.CH4/c1-17(2)12-13-23(4)18(3)10-11-21(23)16-24-15-20(14-22(24)25)19-8-6-5-7-9-19;2*1-2;/h5-9,14,17-18,21H,10-13,15-16H2,1-4H3;2*1-2H3;1H4. The lowest BCUT2D eigenvalue weighted by Crippen LogP contribution is -2.38. The highest BCUT2D eigenvalue weighted by Crippen LogP contribution is 2.51. The van der Waals surface area contributed by atoms with Gasteiger partial charge in [0.2, 0.25) is 5.91 Å². The van der Waals surface area contributed by atoms with Gasteiger partial charge in [-0.2, -0.15) is 0 Å². The van der Waals surface area contributed by atoms with E-state index in [9.17, 15) is 4.79 Å². The normalized spacial score (nSPS) is 25.0. The SMILES string of the molecule is C.CC.CC.CC(C)CCC1(C)C(C)CCC1CN1CC(c2ccccc2)=CC1=O. The highest BCUT2D eigenvalue weighted by molar-refractivity contribution is 6.00. The molecule has 0 N–H and O–H groups in total. The van der Waals surface area contributed by atoms with Gasteiger partial charge in [0.15, 0.2) is 0 Å². The van der Waals surface area contributed by atoms with Crippen LogP contribution in [0.3, 0.4) is 0 Å². The van der Waals surface area contributed by atoms with E-state index in [1.165, 1.54) is 36.8 Å². The average molecular weight is 416 g/mol. The molecule has 2 aliphatic rings. The molecule has 3 rings (SSSR count). The molecular formula is C28H49NO. The Hall–Kier alpha value is -1.57. The Morgan fingerprint density at radius 2 is 1.67 bits per heavy atom. The highest BCUT2D eigenvalue weighted by Gasteiger charge is 2.45. The van der Waals surface area contributed by atoms with Crippen molar-refractivity contribution in [3.63, 3.8) is 0 Å². The van der Waals surface area contributed by atoms with E-state index in [0.717, 1.165) is 24.9 Å². The molecule has 172 valence electrons. The summed E-state index contributed by atoms with van der Waals surface area (Å²) in [5.41, 5.74) is 2.72. The zero-order valence-electron chi connectivity index (χ0n) is 20.3. The van der Waals surface area contributed by atoms with Crippen molar-refractivity contribution in [3.05, 3.63) is 42.0 Å². The summed E-state index contributed by atoms with van der Waals surface area (Å²) in [6.45, 7) is 19.2. The summed E-state index contributed by atoms with van der Waals surface area (Å²) >= 11 is 0. The van der Waals surface area contributed by atoms with E-state index in [2.05, 4.69) is 44.7 Å². The fraction of sp³-hybridized carbons (Fsp3) is 0.679. The first-order valence-electron chi connectivity index (χ1n) is 11.9. The maximum Gasteiger partial charge on any atom is 0.247 e. The second kappa shape index (κ2) is 13.7.